The Morgan fingerprint density at radius 3 is 0.529 bits per heavy atom. The first kappa shape index (κ1) is 84.4. The van der Waals surface area contributed by atoms with E-state index in [4.69, 9.17) is 0 Å². The highest BCUT2D eigenvalue weighted by molar-refractivity contribution is 5.76. The number of hydrogen-bond donors (Lipinski definition) is 3. The summed E-state index contributed by atoms with van der Waals surface area (Å²) in [5.74, 6) is -0.0177. The third-order valence-electron chi connectivity index (χ3n) is 19.9. The number of rotatable bonds is 78. The third-order valence-corrected chi connectivity index (χ3v) is 19.9. The maximum Gasteiger partial charge on any atom is 0.220 e. The van der Waals surface area contributed by atoms with Gasteiger partial charge < -0.3 is 15.5 Å². The molecule has 4 nitrogen and oxygen atoms in total. The van der Waals surface area contributed by atoms with Crippen molar-refractivity contribution in [1.29, 1.82) is 0 Å². The summed E-state index contributed by atoms with van der Waals surface area (Å²) < 4.78 is 0. The van der Waals surface area contributed by atoms with E-state index in [2.05, 4.69) is 19.2 Å². The summed E-state index contributed by atoms with van der Waals surface area (Å²) in [6.45, 7) is 4.43. The minimum absolute atomic E-state index is 0.0177. The summed E-state index contributed by atoms with van der Waals surface area (Å²) in [7, 11) is 0. The topological polar surface area (TPSA) is 69.6 Å². The van der Waals surface area contributed by atoms with Gasteiger partial charge in [0.05, 0.1) is 18.8 Å². The number of unbranched alkanes of at least 4 members (excludes halogenated alkanes) is 71. The summed E-state index contributed by atoms with van der Waals surface area (Å²) in [6, 6.07) is -0.534. The molecule has 2 atom stereocenters. The molecule has 2 unspecified atom stereocenters. The van der Waals surface area contributed by atoms with Crippen molar-refractivity contribution >= 4 is 5.91 Å². The summed E-state index contributed by atoms with van der Waals surface area (Å²) >= 11 is 0. The van der Waals surface area contributed by atoms with Crippen LogP contribution in [0.4, 0.5) is 0 Å². The molecule has 0 aliphatic rings. The highest BCUT2D eigenvalue weighted by Gasteiger charge is 2.20. The molecule has 3 N–H and O–H groups in total. The van der Waals surface area contributed by atoms with Crippen LogP contribution in [0.5, 0.6) is 0 Å². The molecule has 0 aromatic heterocycles. The van der Waals surface area contributed by atoms with Crippen LogP contribution >= 0.6 is 0 Å². The van der Waals surface area contributed by atoms with E-state index >= 15 is 0 Å². The number of aliphatic hydroxyl groups is 2. The highest BCUT2D eigenvalue weighted by Crippen LogP contribution is 2.21. The molecular weight excluding hydrogens is 1030 g/mol. The molecule has 0 saturated carbocycles. The van der Waals surface area contributed by atoms with Gasteiger partial charge in [0, 0.05) is 6.42 Å². The van der Waals surface area contributed by atoms with E-state index in [1.165, 1.54) is 443 Å². The normalized spacial score (nSPS) is 12.5. The lowest BCUT2D eigenvalue weighted by molar-refractivity contribution is -0.123. The Bertz CT molecular complexity index is 1180. The van der Waals surface area contributed by atoms with Crippen LogP contribution in [0.2, 0.25) is 0 Å². The van der Waals surface area contributed by atoms with Gasteiger partial charge in [0.25, 0.3) is 0 Å². The second-order valence-electron chi connectivity index (χ2n) is 28.6. The molecule has 1 amide bonds. The van der Waals surface area contributed by atoms with Gasteiger partial charge in [-0.05, 0) is 12.8 Å². The van der Waals surface area contributed by atoms with Crippen molar-refractivity contribution in [3.05, 3.63) is 0 Å². The smallest absolute Gasteiger partial charge is 0.220 e. The van der Waals surface area contributed by atoms with Crippen LogP contribution in [-0.2, 0) is 4.79 Å². The van der Waals surface area contributed by atoms with Crippen LogP contribution in [-0.4, -0.2) is 34.9 Å². The Morgan fingerprint density at radius 2 is 0.376 bits per heavy atom. The molecule has 0 aromatic carbocycles. The van der Waals surface area contributed by atoms with E-state index in [-0.39, 0.29) is 12.5 Å². The Kier molecular flexibility index (Phi) is 77.1. The van der Waals surface area contributed by atoms with Gasteiger partial charge >= 0.3 is 0 Å². The monoisotopic (exact) mass is 1200 g/mol. The molecule has 510 valence electrons. The van der Waals surface area contributed by atoms with Crippen molar-refractivity contribution in [1.82, 2.24) is 5.32 Å². The number of carbonyl (C=O) groups is 1. The number of aliphatic hydroxyl groups excluding tert-OH is 2. The van der Waals surface area contributed by atoms with Crippen molar-refractivity contribution in [3.63, 3.8) is 0 Å². The van der Waals surface area contributed by atoms with Crippen molar-refractivity contribution in [3.8, 4) is 0 Å². The number of nitrogens with one attached hydrogen (secondary N) is 1. The summed E-state index contributed by atoms with van der Waals surface area (Å²) in [5, 5.41) is 23.5. The minimum Gasteiger partial charge on any atom is -0.394 e. The number of amides is 1. The molecule has 0 aromatic rings. The first-order valence-electron chi connectivity index (χ1n) is 40.7. The van der Waals surface area contributed by atoms with Crippen molar-refractivity contribution in [2.45, 2.75) is 508 Å². The molecule has 0 spiro atoms. The molecule has 4 heteroatoms. The minimum atomic E-state index is -0.657. The van der Waals surface area contributed by atoms with Gasteiger partial charge in [-0.15, -0.1) is 0 Å². The first-order chi connectivity index (χ1) is 42.2. The summed E-state index contributed by atoms with van der Waals surface area (Å²) in [5.41, 5.74) is 0. The number of hydrogen-bond acceptors (Lipinski definition) is 3. The molecule has 0 bridgehead atoms. The predicted molar refractivity (Wildman–Crippen MR) is 383 cm³/mol. The molecule has 0 heterocycles. The van der Waals surface area contributed by atoms with Crippen LogP contribution in [0.25, 0.3) is 0 Å². The maximum absolute atomic E-state index is 12.6. The zero-order valence-electron chi connectivity index (χ0n) is 59.2. The highest BCUT2D eigenvalue weighted by atomic mass is 16.3. The van der Waals surface area contributed by atoms with Gasteiger partial charge in [-0.1, -0.05) is 476 Å². The van der Waals surface area contributed by atoms with E-state index in [0.717, 1.165) is 25.7 Å². The largest absolute Gasteiger partial charge is 0.394 e. The van der Waals surface area contributed by atoms with E-state index in [0.29, 0.717) is 12.8 Å². The molecule has 0 aliphatic carbocycles. The predicted octanol–water partition coefficient (Wildman–Crippen LogP) is 28.1. The molecular formula is C81H163NO3. The Morgan fingerprint density at radius 1 is 0.235 bits per heavy atom. The lowest BCUT2D eigenvalue weighted by Crippen LogP contribution is -2.45. The third kappa shape index (κ3) is 74.0. The molecule has 0 fully saturated rings. The Hall–Kier alpha value is -0.610. The van der Waals surface area contributed by atoms with Gasteiger partial charge in [-0.25, -0.2) is 0 Å². The van der Waals surface area contributed by atoms with Gasteiger partial charge in [0.2, 0.25) is 5.91 Å². The van der Waals surface area contributed by atoms with Crippen LogP contribution in [0.1, 0.15) is 495 Å². The van der Waals surface area contributed by atoms with Crippen molar-refractivity contribution in [2.24, 2.45) is 0 Å². The fourth-order valence-corrected chi connectivity index (χ4v) is 13.7. The fraction of sp³-hybridized carbons (Fsp3) is 0.988. The molecule has 0 rings (SSSR count). The quantitative estimate of drug-likeness (QED) is 0.0532. The van der Waals surface area contributed by atoms with Gasteiger partial charge in [-0.2, -0.15) is 0 Å². The van der Waals surface area contributed by atoms with Crippen LogP contribution in [0, 0.1) is 0 Å². The molecule has 0 radical (unpaired) electrons. The van der Waals surface area contributed by atoms with E-state index < -0.39 is 12.1 Å². The van der Waals surface area contributed by atoms with Crippen molar-refractivity contribution < 1.29 is 15.0 Å². The second kappa shape index (κ2) is 77.6. The van der Waals surface area contributed by atoms with Gasteiger partial charge in [0.15, 0.2) is 0 Å². The fourth-order valence-electron chi connectivity index (χ4n) is 13.7. The SMILES string of the molecule is CCCCCCCCCCCCCCCCCCCCCCCCCCCCCCCCCCCCCCCCCCCC(=O)NC(CO)C(O)CCCCCCCCCCCCCCCCCCCCCCCCCCCCCCCCCC. The van der Waals surface area contributed by atoms with E-state index in [1.807, 2.05) is 0 Å². The molecule has 0 saturated heterocycles. The average Bonchev–Trinajstić information content (AvgIpc) is 3.51. The Balaban J connectivity index is 3.32. The second-order valence-corrected chi connectivity index (χ2v) is 28.6. The van der Waals surface area contributed by atoms with Gasteiger partial charge in [0.1, 0.15) is 0 Å². The molecule has 0 aliphatic heterocycles. The zero-order chi connectivity index (χ0) is 61.2. The first-order valence-corrected chi connectivity index (χ1v) is 40.7. The lowest BCUT2D eigenvalue weighted by atomic mass is 10.0. The maximum atomic E-state index is 12.6. The van der Waals surface area contributed by atoms with Crippen LogP contribution < -0.4 is 5.32 Å². The lowest BCUT2D eigenvalue weighted by Gasteiger charge is -2.22. The van der Waals surface area contributed by atoms with Gasteiger partial charge in [-0.3, -0.25) is 4.79 Å². The van der Waals surface area contributed by atoms with Crippen molar-refractivity contribution in [2.75, 3.05) is 6.61 Å². The number of carbonyl (C=O) groups excluding carboxylic acids is 1. The van der Waals surface area contributed by atoms with Crippen LogP contribution in [0.3, 0.4) is 0 Å². The summed E-state index contributed by atoms with van der Waals surface area (Å²) in [4.78, 5) is 12.6. The van der Waals surface area contributed by atoms with Crippen LogP contribution in [0.15, 0.2) is 0 Å². The standard InChI is InChI=1S/C81H163NO3/c1-3-5-7-9-11-13-15-17-19-21-23-25-27-29-31-33-35-37-38-39-40-41-42-43-44-45-47-49-51-53-55-57-59-61-63-65-67-69-71-73-75-77-81(85)82-79(78-83)80(84)76-74-72-70-68-66-64-62-60-58-56-54-52-50-48-46-36-34-32-30-28-26-24-22-20-18-16-14-12-10-8-6-4-2/h79-80,83-84H,3-78H2,1-2H3,(H,82,85). The molecule has 85 heavy (non-hydrogen) atoms. The zero-order valence-corrected chi connectivity index (χ0v) is 59.2. The average molecular weight is 1200 g/mol. The van der Waals surface area contributed by atoms with E-state index in [1.54, 1.807) is 0 Å². The summed E-state index contributed by atoms with van der Waals surface area (Å²) in [6.07, 6.45) is 104. The van der Waals surface area contributed by atoms with E-state index in [9.17, 15) is 15.0 Å². The Labute approximate surface area is 537 Å².